The van der Waals surface area contributed by atoms with E-state index in [4.69, 9.17) is 0 Å². The minimum absolute atomic E-state index is 0.153. The molecule has 142 valence electrons. The number of hydrogen-bond donors (Lipinski definition) is 0. The fourth-order valence-corrected chi connectivity index (χ4v) is 3.61. The van der Waals surface area contributed by atoms with E-state index in [2.05, 4.69) is 104 Å². The first-order chi connectivity index (χ1) is 11.9. The Morgan fingerprint density at radius 3 is 2.08 bits per heavy atom. The van der Waals surface area contributed by atoms with Crippen molar-refractivity contribution in [1.82, 2.24) is 0 Å². The molecule has 0 aliphatic heterocycles. The van der Waals surface area contributed by atoms with Crippen LogP contribution in [0, 0.1) is 6.92 Å². The van der Waals surface area contributed by atoms with Crippen molar-refractivity contribution in [1.29, 1.82) is 0 Å². The number of benzene rings is 1. The Kier molecular flexibility index (Phi) is 5.71. The molecule has 1 nitrogen and oxygen atoms in total. The summed E-state index contributed by atoms with van der Waals surface area (Å²) in [5.74, 6) is 0.516. The lowest BCUT2D eigenvalue weighted by atomic mass is 9.80. The zero-order valence-corrected chi connectivity index (χ0v) is 18.6. The van der Waals surface area contributed by atoms with Gasteiger partial charge in [-0.1, -0.05) is 67.5 Å². The van der Waals surface area contributed by atoms with Crippen LogP contribution in [0.2, 0.25) is 0 Å². The number of nitrogens with zero attached hydrogens (tertiary/aromatic N) is 1. The summed E-state index contributed by atoms with van der Waals surface area (Å²) >= 11 is 0. The molecule has 0 unspecified atom stereocenters. The highest BCUT2D eigenvalue weighted by atomic mass is 14.9. The standard InChI is InChI=1S/C25H38N/c1-11-25(8,9)19-12-13-20(18(4)14-19)23-15-21(17(2)3)22(16-26(23)10)24(5,6)7/h12-17H,11H2,1-10H3/q+1. The van der Waals surface area contributed by atoms with Gasteiger partial charge in [0.2, 0.25) is 5.69 Å². The molecule has 1 heterocycles. The summed E-state index contributed by atoms with van der Waals surface area (Å²) in [6, 6.07) is 9.43. The molecule has 1 heteroatoms. The van der Waals surface area contributed by atoms with Crippen LogP contribution in [0.5, 0.6) is 0 Å². The Labute approximate surface area is 161 Å². The Bertz CT molecular complexity index is 789. The highest BCUT2D eigenvalue weighted by Gasteiger charge is 2.26. The summed E-state index contributed by atoms with van der Waals surface area (Å²) in [4.78, 5) is 0. The second-order valence-electron chi connectivity index (χ2n) is 9.81. The van der Waals surface area contributed by atoms with Gasteiger partial charge in [-0.05, 0) is 52.8 Å². The minimum Gasteiger partial charge on any atom is -0.201 e. The van der Waals surface area contributed by atoms with Gasteiger partial charge in [0.05, 0.1) is 0 Å². The molecule has 0 bridgehead atoms. The molecule has 1 aromatic heterocycles. The van der Waals surface area contributed by atoms with E-state index >= 15 is 0 Å². The second-order valence-corrected chi connectivity index (χ2v) is 9.81. The SMILES string of the molecule is CCC(C)(C)c1ccc(-c2cc(C(C)C)c(C(C)(C)C)c[n+]2C)c(C)c1. The molecular weight excluding hydrogens is 314 g/mol. The molecule has 1 aromatic carbocycles. The van der Waals surface area contributed by atoms with Gasteiger partial charge in [-0.15, -0.1) is 0 Å². The Balaban J connectivity index is 2.64. The van der Waals surface area contributed by atoms with Gasteiger partial charge in [0.25, 0.3) is 0 Å². The Morgan fingerprint density at radius 1 is 1.00 bits per heavy atom. The summed E-state index contributed by atoms with van der Waals surface area (Å²) in [5, 5.41) is 0. The number of pyridine rings is 1. The van der Waals surface area contributed by atoms with Gasteiger partial charge in [0.1, 0.15) is 7.05 Å². The van der Waals surface area contributed by atoms with E-state index in [-0.39, 0.29) is 10.8 Å². The average molecular weight is 353 g/mol. The van der Waals surface area contributed by atoms with Gasteiger partial charge in [-0.3, -0.25) is 0 Å². The van der Waals surface area contributed by atoms with Crippen LogP contribution in [0.4, 0.5) is 0 Å². The fraction of sp³-hybridized carbons (Fsp3) is 0.560. The quantitative estimate of drug-likeness (QED) is 0.546. The molecule has 2 rings (SSSR count). The maximum Gasteiger partial charge on any atom is 0.212 e. The smallest absolute Gasteiger partial charge is 0.201 e. The molecule has 2 aromatic rings. The van der Waals surface area contributed by atoms with Gasteiger partial charge in [0.15, 0.2) is 6.20 Å². The lowest BCUT2D eigenvalue weighted by molar-refractivity contribution is -0.661. The van der Waals surface area contributed by atoms with Crippen molar-refractivity contribution < 1.29 is 4.57 Å². The van der Waals surface area contributed by atoms with Gasteiger partial charge in [-0.25, -0.2) is 4.57 Å². The normalized spacial score (nSPS) is 12.7. The van der Waals surface area contributed by atoms with Crippen molar-refractivity contribution in [2.45, 2.75) is 85.5 Å². The highest BCUT2D eigenvalue weighted by molar-refractivity contribution is 5.63. The van der Waals surface area contributed by atoms with Crippen LogP contribution in [0.3, 0.4) is 0 Å². The Morgan fingerprint density at radius 2 is 1.62 bits per heavy atom. The predicted molar refractivity (Wildman–Crippen MR) is 114 cm³/mol. The Hall–Kier alpha value is -1.63. The van der Waals surface area contributed by atoms with Crippen LogP contribution in [0.1, 0.15) is 90.0 Å². The molecule has 0 spiro atoms. The molecule has 0 saturated heterocycles. The topological polar surface area (TPSA) is 3.88 Å². The molecule has 0 atom stereocenters. The van der Waals surface area contributed by atoms with E-state index in [9.17, 15) is 0 Å². The molecule has 0 amide bonds. The number of hydrogen-bond acceptors (Lipinski definition) is 0. The molecule has 0 saturated carbocycles. The van der Waals surface area contributed by atoms with Crippen molar-refractivity contribution in [2.75, 3.05) is 0 Å². The van der Waals surface area contributed by atoms with E-state index in [0.717, 1.165) is 6.42 Å². The first kappa shape index (κ1) is 20.7. The van der Waals surface area contributed by atoms with E-state index < -0.39 is 0 Å². The second kappa shape index (κ2) is 7.18. The number of aryl methyl sites for hydroxylation is 2. The third kappa shape index (κ3) is 4.03. The van der Waals surface area contributed by atoms with Crippen molar-refractivity contribution >= 4 is 0 Å². The van der Waals surface area contributed by atoms with E-state index in [1.807, 2.05) is 0 Å². The average Bonchev–Trinajstić information content (AvgIpc) is 2.53. The maximum atomic E-state index is 2.41. The molecule has 0 fully saturated rings. The number of rotatable bonds is 4. The van der Waals surface area contributed by atoms with E-state index in [1.54, 1.807) is 0 Å². The summed E-state index contributed by atoms with van der Waals surface area (Å²) in [6.45, 7) is 20.7. The van der Waals surface area contributed by atoms with Gasteiger partial charge in [0, 0.05) is 17.2 Å². The summed E-state index contributed by atoms with van der Waals surface area (Å²) in [6.07, 6.45) is 3.49. The fourth-order valence-electron chi connectivity index (χ4n) is 3.61. The van der Waals surface area contributed by atoms with Gasteiger partial charge >= 0.3 is 0 Å². The zero-order valence-electron chi connectivity index (χ0n) is 18.6. The van der Waals surface area contributed by atoms with Crippen molar-refractivity contribution in [3.8, 4) is 11.3 Å². The van der Waals surface area contributed by atoms with Gasteiger partial charge in [-0.2, -0.15) is 0 Å². The minimum atomic E-state index is 0.153. The first-order valence-corrected chi connectivity index (χ1v) is 10.0. The van der Waals surface area contributed by atoms with E-state index in [1.165, 1.54) is 33.5 Å². The van der Waals surface area contributed by atoms with Crippen LogP contribution in [-0.2, 0) is 17.9 Å². The zero-order chi connectivity index (χ0) is 19.9. The lowest BCUT2D eigenvalue weighted by Crippen LogP contribution is -2.34. The van der Waals surface area contributed by atoms with E-state index in [0.29, 0.717) is 5.92 Å². The third-order valence-electron chi connectivity index (χ3n) is 5.90. The molecule has 0 N–H and O–H groups in total. The van der Waals surface area contributed by atoms with Crippen molar-refractivity contribution in [3.63, 3.8) is 0 Å². The van der Waals surface area contributed by atoms with Crippen LogP contribution in [0.15, 0.2) is 30.5 Å². The van der Waals surface area contributed by atoms with Crippen LogP contribution < -0.4 is 4.57 Å². The van der Waals surface area contributed by atoms with Crippen molar-refractivity contribution in [3.05, 3.63) is 52.7 Å². The summed E-state index contributed by atoms with van der Waals surface area (Å²) < 4.78 is 2.30. The molecule has 26 heavy (non-hydrogen) atoms. The number of aromatic nitrogens is 1. The van der Waals surface area contributed by atoms with Gasteiger partial charge < -0.3 is 0 Å². The van der Waals surface area contributed by atoms with Crippen LogP contribution in [0.25, 0.3) is 11.3 Å². The highest BCUT2D eigenvalue weighted by Crippen LogP contribution is 2.34. The molecule has 0 radical (unpaired) electrons. The molecule has 0 aliphatic carbocycles. The third-order valence-corrected chi connectivity index (χ3v) is 5.90. The monoisotopic (exact) mass is 352 g/mol. The first-order valence-electron chi connectivity index (χ1n) is 10.0. The summed E-state index contributed by atoms with van der Waals surface area (Å²) in [7, 11) is 2.18. The predicted octanol–water partition coefficient (Wildman–Crippen LogP) is 6.60. The molecular formula is C25H38N+. The maximum absolute atomic E-state index is 2.41. The lowest BCUT2D eigenvalue weighted by Gasteiger charge is -2.25. The van der Waals surface area contributed by atoms with Crippen LogP contribution in [-0.4, -0.2) is 0 Å². The summed E-state index contributed by atoms with van der Waals surface area (Å²) in [5.41, 5.74) is 8.72. The largest absolute Gasteiger partial charge is 0.212 e. The van der Waals surface area contributed by atoms with Crippen LogP contribution >= 0.6 is 0 Å². The molecule has 0 aliphatic rings. The van der Waals surface area contributed by atoms with Crippen molar-refractivity contribution in [2.24, 2.45) is 7.05 Å².